The Balaban J connectivity index is 1.28. The van der Waals surface area contributed by atoms with Gasteiger partial charge in [-0.1, -0.05) is 54.1 Å². The van der Waals surface area contributed by atoms with Crippen molar-refractivity contribution in [1.82, 2.24) is 9.80 Å². The Kier molecular flexibility index (Phi) is 5.92. The van der Waals surface area contributed by atoms with Crippen LogP contribution in [-0.4, -0.2) is 48.4 Å². The molecule has 1 saturated heterocycles. The molecular formula is C26H27ClN4. The van der Waals surface area contributed by atoms with E-state index < -0.39 is 0 Å². The van der Waals surface area contributed by atoms with E-state index in [0.717, 1.165) is 67.6 Å². The van der Waals surface area contributed by atoms with Crippen molar-refractivity contribution in [2.24, 2.45) is 4.99 Å². The molecule has 0 amide bonds. The van der Waals surface area contributed by atoms with Crippen molar-refractivity contribution in [3.05, 3.63) is 88.9 Å². The third-order valence-corrected chi connectivity index (χ3v) is 6.31. The summed E-state index contributed by atoms with van der Waals surface area (Å²) in [5.74, 6) is 1.04. The minimum absolute atomic E-state index is 0.706. The van der Waals surface area contributed by atoms with Crippen molar-refractivity contribution >= 4 is 34.5 Å². The van der Waals surface area contributed by atoms with Gasteiger partial charge in [0.1, 0.15) is 5.84 Å². The third-order valence-electron chi connectivity index (χ3n) is 6.08. The first-order valence-electron chi connectivity index (χ1n) is 11.0. The average Bonchev–Trinajstić information content (AvgIpc) is 2.97. The van der Waals surface area contributed by atoms with E-state index in [1.807, 2.05) is 18.2 Å². The molecule has 0 unspecified atom stereocenters. The lowest BCUT2D eigenvalue weighted by atomic mass is 10.1. The number of piperazine rings is 1. The topological polar surface area (TPSA) is 30.9 Å². The molecule has 4 nitrogen and oxygen atoms in total. The van der Waals surface area contributed by atoms with E-state index in [4.69, 9.17) is 16.6 Å². The molecule has 3 aromatic carbocycles. The van der Waals surface area contributed by atoms with Crippen molar-refractivity contribution in [2.45, 2.75) is 12.8 Å². The van der Waals surface area contributed by atoms with E-state index >= 15 is 0 Å². The molecule has 1 N–H and O–H groups in total. The van der Waals surface area contributed by atoms with Crippen LogP contribution in [0.4, 0.5) is 17.1 Å². The summed E-state index contributed by atoms with van der Waals surface area (Å²) < 4.78 is 0. The Morgan fingerprint density at radius 2 is 1.61 bits per heavy atom. The maximum atomic E-state index is 6.27. The van der Waals surface area contributed by atoms with Crippen LogP contribution in [0.1, 0.15) is 17.5 Å². The monoisotopic (exact) mass is 430 g/mol. The number of halogens is 1. The molecule has 5 rings (SSSR count). The van der Waals surface area contributed by atoms with Crippen molar-refractivity contribution in [1.29, 1.82) is 0 Å². The molecule has 3 aromatic rings. The molecule has 5 heteroatoms. The van der Waals surface area contributed by atoms with Gasteiger partial charge in [0.05, 0.1) is 11.4 Å². The van der Waals surface area contributed by atoms with Gasteiger partial charge in [-0.15, -0.1) is 0 Å². The number of hydrogen-bond acceptors (Lipinski definition) is 4. The van der Waals surface area contributed by atoms with Gasteiger partial charge in [0.2, 0.25) is 0 Å². The number of anilines is 2. The van der Waals surface area contributed by atoms with Gasteiger partial charge in [-0.25, -0.2) is 4.99 Å². The number of benzene rings is 3. The van der Waals surface area contributed by atoms with Crippen LogP contribution in [0.3, 0.4) is 0 Å². The van der Waals surface area contributed by atoms with Crippen molar-refractivity contribution in [3.63, 3.8) is 0 Å². The van der Waals surface area contributed by atoms with Gasteiger partial charge in [-0.05, 0) is 55.3 Å². The second-order valence-electron chi connectivity index (χ2n) is 8.19. The molecule has 158 valence electrons. The van der Waals surface area contributed by atoms with Crippen molar-refractivity contribution in [2.75, 3.05) is 38.0 Å². The minimum Gasteiger partial charge on any atom is -0.353 e. The summed E-state index contributed by atoms with van der Waals surface area (Å²) >= 11 is 6.27. The molecule has 1 fully saturated rings. The summed E-state index contributed by atoms with van der Waals surface area (Å²) in [7, 11) is 0. The smallest absolute Gasteiger partial charge is 0.138 e. The third kappa shape index (κ3) is 4.60. The molecule has 0 aliphatic carbocycles. The molecule has 0 spiro atoms. The van der Waals surface area contributed by atoms with E-state index in [2.05, 4.69) is 69.7 Å². The molecule has 0 radical (unpaired) electrons. The summed E-state index contributed by atoms with van der Waals surface area (Å²) in [5, 5.41) is 4.25. The quantitative estimate of drug-likeness (QED) is 0.573. The van der Waals surface area contributed by atoms with E-state index in [1.165, 1.54) is 12.0 Å². The molecule has 2 heterocycles. The fourth-order valence-electron chi connectivity index (χ4n) is 4.39. The summed E-state index contributed by atoms with van der Waals surface area (Å²) in [6, 6.07) is 25.0. The second-order valence-corrected chi connectivity index (χ2v) is 8.62. The van der Waals surface area contributed by atoms with Crippen LogP contribution in [0.25, 0.3) is 0 Å². The van der Waals surface area contributed by atoms with Crippen LogP contribution in [0.15, 0.2) is 77.8 Å². The van der Waals surface area contributed by atoms with Gasteiger partial charge in [-0.2, -0.15) is 0 Å². The number of aliphatic imine (C=N–C) groups is 1. The lowest BCUT2D eigenvalue weighted by Crippen LogP contribution is -2.49. The molecule has 0 atom stereocenters. The highest BCUT2D eigenvalue weighted by atomic mass is 35.5. The number of nitrogens with zero attached hydrogens (tertiary/aromatic N) is 3. The van der Waals surface area contributed by atoms with Gasteiger partial charge >= 0.3 is 0 Å². The van der Waals surface area contributed by atoms with Gasteiger partial charge in [0, 0.05) is 42.5 Å². The first-order chi connectivity index (χ1) is 15.3. The van der Waals surface area contributed by atoms with E-state index in [-0.39, 0.29) is 0 Å². The zero-order valence-electron chi connectivity index (χ0n) is 17.6. The highest BCUT2D eigenvalue weighted by molar-refractivity contribution is 6.31. The predicted molar refractivity (Wildman–Crippen MR) is 130 cm³/mol. The Morgan fingerprint density at radius 1 is 0.839 bits per heavy atom. The second kappa shape index (κ2) is 9.13. The van der Waals surface area contributed by atoms with Crippen LogP contribution in [0.2, 0.25) is 5.02 Å². The summed E-state index contributed by atoms with van der Waals surface area (Å²) in [6.07, 6.45) is 2.34. The highest BCUT2D eigenvalue weighted by Gasteiger charge is 2.24. The first kappa shape index (κ1) is 20.1. The molecule has 0 saturated carbocycles. The number of hydrogen-bond donors (Lipinski definition) is 1. The zero-order chi connectivity index (χ0) is 21.0. The number of nitrogens with one attached hydrogen (secondary N) is 1. The minimum atomic E-state index is 0.706. The van der Waals surface area contributed by atoms with Crippen molar-refractivity contribution < 1.29 is 0 Å². The number of rotatable bonds is 4. The maximum Gasteiger partial charge on any atom is 0.138 e. The Bertz CT molecular complexity index is 1070. The van der Waals surface area contributed by atoms with Crippen LogP contribution < -0.4 is 5.32 Å². The van der Waals surface area contributed by atoms with Crippen LogP contribution >= 0.6 is 11.6 Å². The maximum absolute atomic E-state index is 6.27. The molecule has 0 aromatic heterocycles. The number of para-hydroxylation sites is 1. The molecule has 0 bridgehead atoms. The fourth-order valence-corrected chi connectivity index (χ4v) is 4.55. The van der Waals surface area contributed by atoms with Crippen LogP contribution in [0, 0.1) is 0 Å². The fraction of sp³-hybridized carbons (Fsp3) is 0.269. The van der Waals surface area contributed by atoms with Crippen molar-refractivity contribution in [3.8, 4) is 0 Å². The van der Waals surface area contributed by atoms with Gasteiger partial charge < -0.3 is 10.2 Å². The SMILES string of the molecule is Clc1ccc2c(c1)N=C(N1CCN(CCCc3ccccc3)CC1)c1ccccc1N2. The van der Waals surface area contributed by atoms with Crippen LogP contribution in [-0.2, 0) is 6.42 Å². The molecular weight excluding hydrogens is 404 g/mol. The number of aryl methyl sites for hydroxylation is 1. The Labute approximate surface area is 189 Å². The molecule has 31 heavy (non-hydrogen) atoms. The Morgan fingerprint density at radius 3 is 2.45 bits per heavy atom. The van der Waals surface area contributed by atoms with E-state index in [9.17, 15) is 0 Å². The molecule has 2 aliphatic heterocycles. The normalized spacial score (nSPS) is 16.0. The first-order valence-corrected chi connectivity index (χ1v) is 11.4. The van der Waals surface area contributed by atoms with Crippen LogP contribution in [0.5, 0.6) is 0 Å². The standard InChI is InChI=1S/C26H27ClN4/c27-21-12-13-24-25(19-21)29-26(22-10-4-5-11-23(22)28-24)31-17-15-30(16-18-31)14-6-9-20-7-2-1-3-8-20/h1-5,7-8,10-13,19,28H,6,9,14-18H2. The van der Waals surface area contributed by atoms with Gasteiger partial charge in [0.25, 0.3) is 0 Å². The number of fused-ring (bicyclic) bond motifs is 2. The Hall–Kier alpha value is -2.82. The zero-order valence-corrected chi connectivity index (χ0v) is 18.4. The van der Waals surface area contributed by atoms with E-state index in [1.54, 1.807) is 0 Å². The predicted octanol–water partition coefficient (Wildman–Crippen LogP) is 5.73. The summed E-state index contributed by atoms with van der Waals surface area (Å²) in [5.41, 5.74) is 5.55. The lowest BCUT2D eigenvalue weighted by molar-refractivity contribution is 0.181. The van der Waals surface area contributed by atoms with Gasteiger partial charge in [-0.3, -0.25) is 4.90 Å². The largest absolute Gasteiger partial charge is 0.353 e. The lowest BCUT2D eigenvalue weighted by Gasteiger charge is -2.36. The summed E-state index contributed by atoms with van der Waals surface area (Å²) in [6.45, 7) is 5.23. The highest BCUT2D eigenvalue weighted by Crippen LogP contribution is 2.36. The summed E-state index contributed by atoms with van der Waals surface area (Å²) in [4.78, 5) is 10.1. The van der Waals surface area contributed by atoms with E-state index in [0.29, 0.717) is 5.02 Å². The number of amidine groups is 1. The molecule has 2 aliphatic rings. The van der Waals surface area contributed by atoms with Gasteiger partial charge in [0.15, 0.2) is 0 Å². The average molecular weight is 431 g/mol.